The highest BCUT2D eigenvalue weighted by molar-refractivity contribution is 5.37. The van der Waals surface area contributed by atoms with E-state index in [-0.39, 0.29) is 0 Å². The van der Waals surface area contributed by atoms with Crippen molar-refractivity contribution in [2.24, 2.45) is 5.92 Å². The molecule has 1 heterocycles. The van der Waals surface area contributed by atoms with Crippen molar-refractivity contribution in [1.82, 2.24) is 5.32 Å². The minimum absolute atomic E-state index is 0.778. The van der Waals surface area contributed by atoms with E-state index in [1.54, 1.807) is 7.11 Å². The van der Waals surface area contributed by atoms with Gasteiger partial charge in [0.2, 0.25) is 0 Å². The van der Waals surface area contributed by atoms with E-state index in [1.165, 1.54) is 24.1 Å². The van der Waals surface area contributed by atoms with Crippen molar-refractivity contribution in [1.29, 1.82) is 0 Å². The van der Waals surface area contributed by atoms with Crippen molar-refractivity contribution >= 4 is 0 Å². The Kier molecular flexibility index (Phi) is 3.27. The van der Waals surface area contributed by atoms with E-state index in [4.69, 9.17) is 4.74 Å². The summed E-state index contributed by atoms with van der Waals surface area (Å²) in [7, 11) is 1.75. The van der Waals surface area contributed by atoms with Gasteiger partial charge in [0.15, 0.2) is 0 Å². The third-order valence-corrected chi connectivity index (χ3v) is 3.11. The summed E-state index contributed by atoms with van der Waals surface area (Å²) in [5.41, 5.74) is 2.67. The molecule has 1 atom stereocenters. The number of hydrogen-bond acceptors (Lipinski definition) is 2. The van der Waals surface area contributed by atoms with Gasteiger partial charge in [-0.2, -0.15) is 0 Å². The maximum absolute atomic E-state index is 5.39. The molecular weight excluding hydrogens is 186 g/mol. The molecule has 0 aromatic heterocycles. The van der Waals surface area contributed by atoms with E-state index >= 15 is 0 Å². The van der Waals surface area contributed by atoms with Crippen molar-refractivity contribution in [3.05, 3.63) is 29.3 Å². The van der Waals surface area contributed by atoms with Gasteiger partial charge in [0, 0.05) is 0 Å². The lowest BCUT2D eigenvalue weighted by molar-refractivity contribution is 0.405. The Morgan fingerprint density at radius 1 is 1.47 bits per heavy atom. The van der Waals surface area contributed by atoms with Crippen LogP contribution in [0.25, 0.3) is 0 Å². The fourth-order valence-electron chi connectivity index (χ4n) is 2.27. The number of aryl methyl sites for hydroxylation is 1. The van der Waals surface area contributed by atoms with Crippen LogP contribution in [0, 0.1) is 12.8 Å². The summed E-state index contributed by atoms with van der Waals surface area (Å²) in [5, 5.41) is 3.40. The van der Waals surface area contributed by atoms with Gasteiger partial charge >= 0.3 is 0 Å². The van der Waals surface area contributed by atoms with Crippen molar-refractivity contribution in [2.45, 2.75) is 19.8 Å². The molecule has 1 N–H and O–H groups in total. The molecule has 0 spiro atoms. The minimum atomic E-state index is 0.778. The largest absolute Gasteiger partial charge is 0.496 e. The first-order valence-electron chi connectivity index (χ1n) is 5.64. The smallest absolute Gasteiger partial charge is 0.122 e. The van der Waals surface area contributed by atoms with E-state index in [2.05, 4.69) is 30.4 Å². The first-order valence-corrected chi connectivity index (χ1v) is 5.64. The van der Waals surface area contributed by atoms with Crippen molar-refractivity contribution in [2.75, 3.05) is 20.2 Å². The molecule has 1 fully saturated rings. The molecule has 1 aromatic carbocycles. The summed E-state index contributed by atoms with van der Waals surface area (Å²) in [6.45, 7) is 4.45. The Balaban J connectivity index is 2.14. The fourth-order valence-corrected chi connectivity index (χ4v) is 2.27. The second-order valence-corrected chi connectivity index (χ2v) is 4.38. The van der Waals surface area contributed by atoms with E-state index in [0.717, 1.165) is 24.6 Å². The van der Waals surface area contributed by atoms with Gasteiger partial charge in [-0.15, -0.1) is 0 Å². The second kappa shape index (κ2) is 4.67. The number of rotatable bonds is 3. The number of nitrogens with one attached hydrogen (secondary N) is 1. The van der Waals surface area contributed by atoms with Crippen LogP contribution in [-0.4, -0.2) is 20.2 Å². The summed E-state index contributed by atoms with van der Waals surface area (Å²) in [4.78, 5) is 0. The van der Waals surface area contributed by atoms with Crippen LogP contribution in [-0.2, 0) is 6.42 Å². The summed E-state index contributed by atoms with van der Waals surface area (Å²) < 4.78 is 5.39. The third-order valence-electron chi connectivity index (χ3n) is 3.11. The number of hydrogen-bond donors (Lipinski definition) is 1. The number of methoxy groups -OCH3 is 1. The Labute approximate surface area is 91.6 Å². The summed E-state index contributed by atoms with van der Waals surface area (Å²) in [5.74, 6) is 1.81. The molecule has 2 nitrogen and oxygen atoms in total. The number of benzene rings is 1. The molecule has 2 heteroatoms. The Bertz CT molecular complexity index is 329. The highest BCUT2D eigenvalue weighted by Gasteiger charge is 2.16. The van der Waals surface area contributed by atoms with Crippen LogP contribution in [0.1, 0.15) is 17.5 Å². The molecular formula is C13H19NO. The van der Waals surface area contributed by atoms with Crippen LogP contribution in [0.5, 0.6) is 5.75 Å². The van der Waals surface area contributed by atoms with Gasteiger partial charge in [0.25, 0.3) is 0 Å². The van der Waals surface area contributed by atoms with Gasteiger partial charge in [0.05, 0.1) is 7.11 Å². The average molecular weight is 205 g/mol. The Morgan fingerprint density at radius 3 is 3.00 bits per heavy atom. The second-order valence-electron chi connectivity index (χ2n) is 4.38. The molecule has 0 bridgehead atoms. The van der Waals surface area contributed by atoms with Crippen LogP contribution >= 0.6 is 0 Å². The number of ether oxygens (including phenoxy) is 1. The first kappa shape index (κ1) is 10.5. The first-order chi connectivity index (χ1) is 7.29. The maximum Gasteiger partial charge on any atom is 0.122 e. The standard InChI is InChI=1S/C13H19NO/c1-10-3-4-13(15-2)12(7-10)8-11-5-6-14-9-11/h3-4,7,11,14H,5-6,8-9H2,1-2H3. The lowest BCUT2D eigenvalue weighted by Gasteiger charge is -2.13. The molecule has 1 unspecified atom stereocenters. The zero-order valence-electron chi connectivity index (χ0n) is 9.55. The zero-order chi connectivity index (χ0) is 10.7. The van der Waals surface area contributed by atoms with Crippen LogP contribution < -0.4 is 10.1 Å². The minimum Gasteiger partial charge on any atom is -0.496 e. The SMILES string of the molecule is COc1ccc(C)cc1CC1CCNC1. The summed E-state index contributed by atoms with van der Waals surface area (Å²) >= 11 is 0. The van der Waals surface area contributed by atoms with Gasteiger partial charge in [-0.05, 0) is 50.4 Å². The third kappa shape index (κ3) is 2.51. The Hall–Kier alpha value is -1.02. The van der Waals surface area contributed by atoms with Gasteiger partial charge in [-0.3, -0.25) is 0 Å². The van der Waals surface area contributed by atoms with Crippen LogP contribution in [0.15, 0.2) is 18.2 Å². The predicted octanol–water partition coefficient (Wildman–Crippen LogP) is 2.16. The fraction of sp³-hybridized carbons (Fsp3) is 0.538. The molecule has 0 amide bonds. The van der Waals surface area contributed by atoms with Crippen LogP contribution in [0.2, 0.25) is 0 Å². The Morgan fingerprint density at radius 2 is 2.33 bits per heavy atom. The van der Waals surface area contributed by atoms with E-state index in [0.29, 0.717) is 0 Å². The maximum atomic E-state index is 5.39. The molecule has 0 radical (unpaired) electrons. The molecule has 1 aromatic rings. The van der Waals surface area contributed by atoms with E-state index < -0.39 is 0 Å². The van der Waals surface area contributed by atoms with Gasteiger partial charge < -0.3 is 10.1 Å². The molecule has 1 saturated heterocycles. The highest BCUT2D eigenvalue weighted by atomic mass is 16.5. The topological polar surface area (TPSA) is 21.3 Å². The average Bonchev–Trinajstić information content (AvgIpc) is 2.71. The summed E-state index contributed by atoms with van der Waals surface area (Å²) in [6, 6.07) is 6.43. The van der Waals surface area contributed by atoms with Crippen LogP contribution in [0.3, 0.4) is 0 Å². The van der Waals surface area contributed by atoms with Gasteiger partial charge in [-0.1, -0.05) is 17.7 Å². The lowest BCUT2D eigenvalue weighted by Crippen LogP contribution is -2.11. The molecule has 1 aliphatic heterocycles. The predicted molar refractivity (Wildman–Crippen MR) is 62.4 cm³/mol. The van der Waals surface area contributed by atoms with Crippen molar-refractivity contribution in [3.63, 3.8) is 0 Å². The molecule has 2 rings (SSSR count). The zero-order valence-corrected chi connectivity index (χ0v) is 9.55. The molecule has 82 valence electrons. The van der Waals surface area contributed by atoms with Gasteiger partial charge in [0.1, 0.15) is 5.75 Å². The normalized spacial score (nSPS) is 20.5. The molecule has 1 aliphatic rings. The van der Waals surface area contributed by atoms with Crippen molar-refractivity contribution in [3.8, 4) is 5.75 Å². The quantitative estimate of drug-likeness (QED) is 0.816. The highest BCUT2D eigenvalue weighted by Crippen LogP contribution is 2.24. The van der Waals surface area contributed by atoms with E-state index in [1.807, 2.05) is 0 Å². The molecule has 15 heavy (non-hydrogen) atoms. The monoisotopic (exact) mass is 205 g/mol. The van der Waals surface area contributed by atoms with Crippen molar-refractivity contribution < 1.29 is 4.74 Å². The lowest BCUT2D eigenvalue weighted by atomic mass is 9.97. The van der Waals surface area contributed by atoms with Crippen LogP contribution in [0.4, 0.5) is 0 Å². The van der Waals surface area contributed by atoms with Gasteiger partial charge in [-0.25, -0.2) is 0 Å². The summed E-state index contributed by atoms with van der Waals surface area (Å²) in [6.07, 6.45) is 2.43. The molecule has 0 aliphatic carbocycles. The molecule has 0 saturated carbocycles. The van der Waals surface area contributed by atoms with E-state index in [9.17, 15) is 0 Å².